The van der Waals surface area contributed by atoms with Crippen LogP contribution in [0.4, 0.5) is 4.39 Å². The van der Waals surface area contributed by atoms with E-state index in [-0.39, 0.29) is 5.82 Å². The fourth-order valence-corrected chi connectivity index (χ4v) is 2.31. The zero-order chi connectivity index (χ0) is 11.4. The van der Waals surface area contributed by atoms with Gasteiger partial charge in [-0.2, -0.15) is 0 Å². The Kier molecular flexibility index (Phi) is 3.93. The van der Waals surface area contributed by atoms with Gasteiger partial charge in [0.25, 0.3) is 0 Å². The number of hydrogen-bond donors (Lipinski definition) is 1. The van der Waals surface area contributed by atoms with E-state index in [9.17, 15) is 4.39 Å². The van der Waals surface area contributed by atoms with Crippen LogP contribution in [0.25, 0.3) is 0 Å². The predicted octanol–water partition coefficient (Wildman–Crippen LogP) is 3.83. The molecular formula is C12H11ClFNS. The lowest BCUT2D eigenvalue weighted by Crippen LogP contribution is -2.12. The molecule has 0 unspecified atom stereocenters. The molecular weight excluding hydrogens is 245 g/mol. The molecule has 0 saturated heterocycles. The molecule has 84 valence electrons. The molecule has 0 saturated carbocycles. The van der Waals surface area contributed by atoms with Crippen molar-refractivity contribution in [3.63, 3.8) is 0 Å². The standard InChI is InChI=1S/C12H11ClFNS/c13-12-6-10(14)4-3-9(12)7-15-8-11-2-1-5-16-11/h1-6,15H,7-8H2. The summed E-state index contributed by atoms with van der Waals surface area (Å²) in [5, 5.41) is 5.78. The maximum atomic E-state index is 12.8. The van der Waals surface area contributed by atoms with Gasteiger partial charge in [0.1, 0.15) is 5.82 Å². The van der Waals surface area contributed by atoms with Gasteiger partial charge in [0, 0.05) is 23.0 Å². The first kappa shape index (κ1) is 11.6. The number of nitrogens with one attached hydrogen (secondary N) is 1. The molecule has 1 aromatic heterocycles. The van der Waals surface area contributed by atoms with Crippen LogP contribution < -0.4 is 5.32 Å². The van der Waals surface area contributed by atoms with Crippen molar-refractivity contribution < 1.29 is 4.39 Å². The van der Waals surface area contributed by atoms with Crippen LogP contribution in [-0.4, -0.2) is 0 Å². The van der Waals surface area contributed by atoms with E-state index >= 15 is 0 Å². The summed E-state index contributed by atoms with van der Waals surface area (Å²) in [5.41, 5.74) is 0.916. The molecule has 1 N–H and O–H groups in total. The predicted molar refractivity (Wildman–Crippen MR) is 66.3 cm³/mol. The highest BCUT2D eigenvalue weighted by atomic mass is 35.5. The lowest BCUT2D eigenvalue weighted by molar-refractivity contribution is 0.625. The van der Waals surface area contributed by atoms with Crippen LogP contribution >= 0.6 is 22.9 Å². The second-order valence-electron chi connectivity index (χ2n) is 3.42. The molecule has 1 nitrogen and oxygen atoms in total. The van der Waals surface area contributed by atoms with Crippen molar-refractivity contribution in [2.45, 2.75) is 13.1 Å². The molecule has 0 aliphatic heterocycles. The second kappa shape index (κ2) is 5.43. The molecule has 2 rings (SSSR count). The summed E-state index contributed by atoms with van der Waals surface area (Å²) in [4.78, 5) is 1.28. The Morgan fingerprint density at radius 1 is 1.25 bits per heavy atom. The van der Waals surface area contributed by atoms with Crippen molar-refractivity contribution in [3.05, 3.63) is 57.0 Å². The fraction of sp³-hybridized carbons (Fsp3) is 0.167. The minimum absolute atomic E-state index is 0.299. The van der Waals surface area contributed by atoms with Crippen LogP contribution in [0.3, 0.4) is 0 Å². The summed E-state index contributed by atoms with van der Waals surface area (Å²) in [7, 11) is 0. The molecule has 0 radical (unpaired) electrons. The largest absolute Gasteiger partial charge is 0.308 e. The lowest BCUT2D eigenvalue weighted by Gasteiger charge is -2.05. The van der Waals surface area contributed by atoms with Crippen LogP contribution in [0.2, 0.25) is 5.02 Å². The summed E-state index contributed by atoms with van der Waals surface area (Å²) in [5.74, 6) is -0.299. The van der Waals surface area contributed by atoms with E-state index in [0.717, 1.165) is 12.1 Å². The maximum Gasteiger partial charge on any atom is 0.124 e. The van der Waals surface area contributed by atoms with Crippen molar-refractivity contribution in [1.29, 1.82) is 0 Å². The molecule has 1 heterocycles. The topological polar surface area (TPSA) is 12.0 Å². The summed E-state index contributed by atoms with van der Waals surface area (Å²) in [6.07, 6.45) is 0. The average Bonchev–Trinajstić information content (AvgIpc) is 2.74. The van der Waals surface area contributed by atoms with Gasteiger partial charge >= 0.3 is 0 Å². The highest BCUT2D eigenvalue weighted by molar-refractivity contribution is 7.09. The highest BCUT2D eigenvalue weighted by Gasteiger charge is 2.01. The Morgan fingerprint density at radius 2 is 2.12 bits per heavy atom. The first-order chi connectivity index (χ1) is 7.75. The van der Waals surface area contributed by atoms with Crippen LogP contribution in [0.1, 0.15) is 10.4 Å². The third kappa shape index (κ3) is 3.04. The normalized spacial score (nSPS) is 10.6. The molecule has 16 heavy (non-hydrogen) atoms. The molecule has 4 heteroatoms. The zero-order valence-electron chi connectivity index (χ0n) is 8.54. The molecule has 0 bridgehead atoms. The van der Waals surface area contributed by atoms with Gasteiger partial charge in [-0.1, -0.05) is 23.7 Å². The summed E-state index contributed by atoms with van der Waals surface area (Å²) < 4.78 is 12.8. The fourth-order valence-electron chi connectivity index (χ4n) is 1.40. The Balaban J connectivity index is 1.90. The third-order valence-corrected chi connectivity index (χ3v) is 3.44. The van der Waals surface area contributed by atoms with E-state index in [0.29, 0.717) is 11.6 Å². The van der Waals surface area contributed by atoms with Crippen molar-refractivity contribution in [2.75, 3.05) is 0 Å². The molecule has 0 spiro atoms. The Bertz CT molecular complexity index is 456. The molecule has 1 aromatic carbocycles. The molecule has 0 aliphatic carbocycles. The van der Waals surface area contributed by atoms with E-state index in [1.807, 2.05) is 11.4 Å². The highest BCUT2D eigenvalue weighted by Crippen LogP contribution is 2.17. The number of halogens is 2. The summed E-state index contributed by atoms with van der Waals surface area (Å²) >= 11 is 7.62. The molecule has 0 fully saturated rings. The van der Waals surface area contributed by atoms with Gasteiger partial charge in [-0.3, -0.25) is 0 Å². The smallest absolute Gasteiger partial charge is 0.124 e. The van der Waals surface area contributed by atoms with Crippen LogP contribution in [0, 0.1) is 5.82 Å². The monoisotopic (exact) mass is 255 g/mol. The van der Waals surface area contributed by atoms with Gasteiger partial charge < -0.3 is 5.32 Å². The van der Waals surface area contributed by atoms with Crippen LogP contribution in [-0.2, 0) is 13.1 Å². The lowest BCUT2D eigenvalue weighted by atomic mass is 10.2. The molecule has 0 aliphatic rings. The van der Waals surface area contributed by atoms with Crippen LogP contribution in [0.15, 0.2) is 35.7 Å². The molecule has 0 atom stereocenters. The quantitative estimate of drug-likeness (QED) is 0.876. The van der Waals surface area contributed by atoms with E-state index in [1.54, 1.807) is 17.4 Å². The van der Waals surface area contributed by atoms with Crippen LogP contribution in [0.5, 0.6) is 0 Å². The van der Waals surface area contributed by atoms with Crippen molar-refractivity contribution in [3.8, 4) is 0 Å². The van der Waals surface area contributed by atoms with Gasteiger partial charge in [-0.15, -0.1) is 11.3 Å². The van der Waals surface area contributed by atoms with Gasteiger partial charge in [-0.05, 0) is 29.1 Å². The zero-order valence-corrected chi connectivity index (χ0v) is 10.1. The number of hydrogen-bond acceptors (Lipinski definition) is 2. The Hall–Kier alpha value is -0.900. The first-order valence-corrected chi connectivity index (χ1v) is 6.18. The summed E-state index contributed by atoms with van der Waals surface area (Å²) in [6.45, 7) is 1.46. The number of benzene rings is 1. The maximum absolute atomic E-state index is 12.8. The first-order valence-electron chi connectivity index (χ1n) is 4.93. The Morgan fingerprint density at radius 3 is 2.81 bits per heavy atom. The van der Waals surface area contributed by atoms with Crippen molar-refractivity contribution in [1.82, 2.24) is 5.32 Å². The molecule has 0 amide bonds. The minimum atomic E-state index is -0.299. The SMILES string of the molecule is Fc1ccc(CNCc2cccs2)c(Cl)c1. The van der Waals surface area contributed by atoms with Crippen molar-refractivity contribution in [2.24, 2.45) is 0 Å². The second-order valence-corrected chi connectivity index (χ2v) is 4.86. The molecule has 2 aromatic rings. The number of thiophene rings is 1. The van der Waals surface area contributed by atoms with E-state index in [4.69, 9.17) is 11.6 Å². The van der Waals surface area contributed by atoms with E-state index in [2.05, 4.69) is 11.4 Å². The third-order valence-electron chi connectivity index (χ3n) is 2.21. The summed E-state index contributed by atoms with van der Waals surface area (Å²) in [6, 6.07) is 8.56. The number of rotatable bonds is 4. The van der Waals surface area contributed by atoms with Gasteiger partial charge in [0.2, 0.25) is 0 Å². The Labute approximate surface area is 103 Å². The van der Waals surface area contributed by atoms with Crippen molar-refractivity contribution >= 4 is 22.9 Å². The minimum Gasteiger partial charge on any atom is -0.308 e. The van der Waals surface area contributed by atoms with Gasteiger partial charge in [0.15, 0.2) is 0 Å². The van der Waals surface area contributed by atoms with E-state index in [1.165, 1.54) is 17.0 Å². The average molecular weight is 256 g/mol. The van der Waals surface area contributed by atoms with Gasteiger partial charge in [-0.25, -0.2) is 4.39 Å². The van der Waals surface area contributed by atoms with Gasteiger partial charge in [0.05, 0.1) is 0 Å². The van der Waals surface area contributed by atoms with E-state index < -0.39 is 0 Å².